The highest BCUT2D eigenvalue weighted by Gasteiger charge is 2.20. The van der Waals surface area contributed by atoms with Crippen LogP contribution in [0.2, 0.25) is 0 Å². The van der Waals surface area contributed by atoms with Gasteiger partial charge in [-0.05, 0) is 45.1 Å². The molecule has 0 bridgehead atoms. The molecule has 2 aliphatic rings. The summed E-state index contributed by atoms with van der Waals surface area (Å²) in [5.74, 6) is 0.255. The summed E-state index contributed by atoms with van der Waals surface area (Å²) in [7, 11) is -3.10. The molecular weight excluding hydrogens is 248 g/mol. The van der Waals surface area contributed by atoms with Crippen LogP contribution < -0.4 is 10.0 Å². The molecule has 1 aliphatic heterocycles. The number of hydrogen-bond acceptors (Lipinski definition) is 3. The predicted molar refractivity (Wildman–Crippen MR) is 74.0 cm³/mol. The van der Waals surface area contributed by atoms with Gasteiger partial charge in [-0.15, -0.1) is 0 Å². The van der Waals surface area contributed by atoms with Crippen molar-refractivity contribution in [3.05, 3.63) is 12.2 Å². The molecule has 5 heteroatoms. The number of nitrogens with one attached hydrogen (secondary N) is 2. The van der Waals surface area contributed by atoms with Crippen molar-refractivity contribution in [2.24, 2.45) is 0 Å². The summed E-state index contributed by atoms with van der Waals surface area (Å²) in [5.41, 5.74) is 0. The molecule has 2 rings (SSSR count). The minimum atomic E-state index is -3.10. The third-order valence-corrected chi connectivity index (χ3v) is 5.23. The maximum atomic E-state index is 12.0. The average Bonchev–Trinajstić information content (AvgIpc) is 2.38. The molecule has 0 spiro atoms. The monoisotopic (exact) mass is 272 g/mol. The van der Waals surface area contributed by atoms with Gasteiger partial charge in [0.05, 0.1) is 5.75 Å². The Bertz CT molecular complexity index is 372. The van der Waals surface area contributed by atoms with E-state index in [1.807, 2.05) is 0 Å². The Morgan fingerprint density at radius 3 is 2.78 bits per heavy atom. The number of rotatable bonds is 5. The average molecular weight is 272 g/mol. The van der Waals surface area contributed by atoms with E-state index in [1.54, 1.807) is 0 Å². The second-order valence-corrected chi connectivity index (χ2v) is 7.23. The highest BCUT2D eigenvalue weighted by atomic mass is 32.2. The summed E-state index contributed by atoms with van der Waals surface area (Å²) in [5, 5.41) is 3.39. The van der Waals surface area contributed by atoms with Crippen LogP contribution in [0.3, 0.4) is 0 Å². The SMILES string of the molecule is O=S(=O)(CCC1CCCCN1)NC1CC=CCC1. The topological polar surface area (TPSA) is 58.2 Å². The fourth-order valence-corrected chi connectivity index (χ4v) is 4.12. The Morgan fingerprint density at radius 2 is 2.11 bits per heavy atom. The fourth-order valence-electron chi connectivity index (χ4n) is 2.68. The van der Waals surface area contributed by atoms with Crippen molar-refractivity contribution < 1.29 is 8.42 Å². The lowest BCUT2D eigenvalue weighted by molar-refractivity contribution is 0.391. The maximum Gasteiger partial charge on any atom is 0.211 e. The largest absolute Gasteiger partial charge is 0.314 e. The van der Waals surface area contributed by atoms with Crippen molar-refractivity contribution in [2.75, 3.05) is 12.3 Å². The maximum absolute atomic E-state index is 12.0. The van der Waals surface area contributed by atoms with Crippen LogP contribution in [-0.4, -0.2) is 32.8 Å². The van der Waals surface area contributed by atoms with E-state index >= 15 is 0 Å². The zero-order chi connectivity index (χ0) is 12.8. The molecule has 0 aromatic rings. The van der Waals surface area contributed by atoms with Crippen LogP contribution in [0, 0.1) is 0 Å². The standard InChI is InChI=1S/C13H24N2O2S/c16-18(17,15-13-7-2-1-3-8-13)11-9-12-6-4-5-10-14-12/h1-2,12-15H,3-11H2. The van der Waals surface area contributed by atoms with Gasteiger partial charge in [-0.1, -0.05) is 18.6 Å². The van der Waals surface area contributed by atoms with Crippen molar-refractivity contribution in [3.8, 4) is 0 Å². The van der Waals surface area contributed by atoms with Crippen molar-refractivity contribution in [1.82, 2.24) is 10.0 Å². The van der Waals surface area contributed by atoms with E-state index in [0.717, 1.165) is 38.6 Å². The van der Waals surface area contributed by atoms with Crippen molar-refractivity contribution in [1.29, 1.82) is 0 Å². The molecule has 104 valence electrons. The Kier molecular flexibility index (Phi) is 5.21. The van der Waals surface area contributed by atoms with Gasteiger partial charge >= 0.3 is 0 Å². The highest BCUT2D eigenvalue weighted by molar-refractivity contribution is 7.89. The van der Waals surface area contributed by atoms with Crippen molar-refractivity contribution in [2.45, 2.75) is 57.0 Å². The van der Waals surface area contributed by atoms with Crippen LogP contribution in [0.4, 0.5) is 0 Å². The van der Waals surface area contributed by atoms with Gasteiger partial charge in [-0.3, -0.25) is 0 Å². The van der Waals surface area contributed by atoms with E-state index in [4.69, 9.17) is 0 Å². The molecule has 2 N–H and O–H groups in total. The van der Waals surface area contributed by atoms with E-state index < -0.39 is 10.0 Å². The molecule has 0 amide bonds. The molecule has 1 aliphatic carbocycles. The number of piperidine rings is 1. The summed E-state index contributed by atoms with van der Waals surface area (Å²) in [6, 6.07) is 0.501. The number of allylic oxidation sites excluding steroid dienone is 1. The Balaban J connectivity index is 1.74. The van der Waals surface area contributed by atoms with Gasteiger partial charge in [-0.2, -0.15) is 0 Å². The van der Waals surface area contributed by atoms with E-state index in [-0.39, 0.29) is 11.8 Å². The predicted octanol–water partition coefficient (Wildman–Crippen LogP) is 1.55. The molecule has 1 fully saturated rings. The first-order valence-corrected chi connectivity index (χ1v) is 8.69. The first-order valence-electron chi connectivity index (χ1n) is 7.04. The second-order valence-electron chi connectivity index (χ2n) is 5.35. The smallest absolute Gasteiger partial charge is 0.211 e. The molecule has 0 radical (unpaired) electrons. The molecule has 0 aromatic heterocycles. The van der Waals surface area contributed by atoms with Gasteiger partial charge in [0.25, 0.3) is 0 Å². The molecular formula is C13H24N2O2S. The summed E-state index contributed by atoms with van der Waals surface area (Å²) < 4.78 is 26.8. The first kappa shape index (κ1) is 14.0. The van der Waals surface area contributed by atoms with E-state index in [0.29, 0.717) is 6.04 Å². The van der Waals surface area contributed by atoms with E-state index in [2.05, 4.69) is 22.2 Å². The molecule has 4 nitrogen and oxygen atoms in total. The minimum absolute atomic E-state index is 0.110. The zero-order valence-electron chi connectivity index (χ0n) is 10.9. The molecule has 2 atom stereocenters. The summed E-state index contributed by atoms with van der Waals surface area (Å²) >= 11 is 0. The number of hydrogen-bond donors (Lipinski definition) is 2. The van der Waals surface area contributed by atoms with Gasteiger partial charge in [0, 0.05) is 12.1 Å². The lowest BCUT2D eigenvalue weighted by Crippen LogP contribution is -2.40. The summed E-state index contributed by atoms with van der Waals surface area (Å²) in [4.78, 5) is 0. The van der Waals surface area contributed by atoms with Crippen LogP contribution in [-0.2, 0) is 10.0 Å². The molecule has 0 saturated carbocycles. The quantitative estimate of drug-likeness (QED) is 0.747. The Morgan fingerprint density at radius 1 is 1.22 bits per heavy atom. The van der Waals surface area contributed by atoms with Crippen molar-refractivity contribution in [3.63, 3.8) is 0 Å². The lowest BCUT2D eigenvalue weighted by Gasteiger charge is -2.24. The van der Waals surface area contributed by atoms with Gasteiger partial charge in [0.1, 0.15) is 0 Å². The van der Waals surface area contributed by atoms with Crippen LogP contribution in [0.5, 0.6) is 0 Å². The highest BCUT2D eigenvalue weighted by Crippen LogP contribution is 2.14. The van der Waals surface area contributed by atoms with Crippen LogP contribution in [0.25, 0.3) is 0 Å². The van der Waals surface area contributed by atoms with Gasteiger partial charge in [-0.25, -0.2) is 13.1 Å². The first-order chi connectivity index (χ1) is 8.66. The van der Waals surface area contributed by atoms with Gasteiger partial charge in [0.2, 0.25) is 10.0 Å². The molecule has 1 heterocycles. The zero-order valence-corrected chi connectivity index (χ0v) is 11.7. The minimum Gasteiger partial charge on any atom is -0.314 e. The van der Waals surface area contributed by atoms with E-state index in [1.165, 1.54) is 12.8 Å². The van der Waals surface area contributed by atoms with E-state index in [9.17, 15) is 8.42 Å². The molecule has 18 heavy (non-hydrogen) atoms. The van der Waals surface area contributed by atoms with Gasteiger partial charge in [0.15, 0.2) is 0 Å². The van der Waals surface area contributed by atoms with Crippen LogP contribution in [0.15, 0.2) is 12.2 Å². The molecule has 0 aromatic carbocycles. The third-order valence-electron chi connectivity index (χ3n) is 3.76. The third kappa shape index (κ3) is 4.71. The van der Waals surface area contributed by atoms with Crippen molar-refractivity contribution >= 4 is 10.0 Å². The fraction of sp³-hybridized carbons (Fsp3) is 0.846. The van der Waals surface area contributed by atoms with Crippen LogP contribution in [0.1, 0.15) is 44.9 Å². The number of sulfonamides is 1. The Hall–Kier alpha value is -0.390. The normalized spacial score (nSPS) is 29.3. The molecule has 2 unspecified atom stereocenters. The summed E-state index contributed by atoms with van der Waals surface area (Å²) in [6.07, 6.45) is 11.2. The second kappa shape index (κ2) is 6.68. The Labute approximate surface area is 110 Å². The van der Waals surface area contributed by atoms with Gasteiger partial charge < -0.3 is 5.32 Å². The molecule has 1 saturated heterocycles. The lowest BCUT2D eigenvalue weighted by atomic mass is 10.0. The summed E-state index contributed by atoms with van der Waals surface area (Å²) in [6.45, 7) is 1.03. The van der Waals surface area contributed by atoms with Crippen LogP contribution >= 0.6 is 0 Å².